The molecule has 10 aromatic rings. The van der Waals surface area contributed by atoms with Crippen LogP contribution in [0.3, 0.4) is 0 Å². The van der Waals surface area contributed by atoms with Crippen LogP contribution in [0.5, 0.6) is 11.5 Å². The van der Waals surface area contributed by atoms with Gasteiger partial charge in [-0.05, 0) is 98.2 Å². The summed E-state index contributed by atoms with van der Waals surface area (Å²) in [6.07, 6.45) is 11.2. The molecular weight excluding hydrogens is 1190 g/mol. The van der Waals surface area contributed by atoms with E-state index in [-0.39, 0.29) is 22.7 Å². The molecule has 1 aliphatic heterocycles. The molecule has 0 saturated carbocycles. The number of ketones is 2. The number of carbonyl (C=O) groups is 2. The number of benzene rings is 5. The van der Waals surface area contributed by atoms with Gasteiger partial charge >= 0.3 is 0 Å². The van der Waals surface area contributed by atoms with E-state index in [1.165, 1.54) is 11.7 Å². The van der Waals surface area contributed by atoms with Crippen molar-refractivity contribution in [1.82, 2.24) is 17.9 Å². The summed E-state index contributed by atoms with van der Waals surface area (Å²) in [4.78, 5) is 32.2. The van der Waals surface area contributed by atoms with Crippen molar-refractivity contribution in [2.75, 3.05) is 13.2 Å². The van der Waals surface area contributed by atoms with Crippen LogP contribution in [0.25, 0.3) is 69.7 Å². The fraction of sp³-hybridized carbons (Fsp3) is 0.211. The Morgan fingerprint density at radius 2 is 1.08 bits per heavy atom. The number of carbonyl (C=O) groups excluding carboxylic acids is 2. The molecule has 0 unspecified atom stereocenters. The molecule has 432 valence electrons. The number of thiophene rings is 2. The zero-order chi connectivity index (χ0) is 60.6. The molecule has 0 N–H and O–H groups in total. The molecule has 0 bridgehead atoms. The first-order valence-electron chi connectivity index (χ1n) is 29.2. The van der Waals surface area contributed by atoms with Gasteiger partial charge in [-0.1, -0.05) is 129 Å². The number of nitriles is 4. The summed E-state index contributed by atoms with van der Waals surface area (Å²) in [5.74, 6) is 1.81. The van der Waals surface area contributed by atoms with Crippen LogP contribution in [0.4, 0.5) is 0 Å². The highest BCUT2D eigenvalue weighted by molar-refractivity contribution is 8.04. The highest BCUT2D eigenvalue weighted by Gasteiger charge is 2.36. The topological polar surface area (TPSA) is 183 Å². The van der Waals surface area contributed by atoms with Crippen LogP contribution in [0.15, 0.2) is 164 Å². The van der Waals surface area contributed by atoms with Crippen LogP contribution in [-0.4, -0.2) is 42.7 Å². The van der Waals surface area contributed by atoms with E-state index in [0.29, 0.717) is 76.6 Å². The maximum absolute atomic E-state index is 14.4. The van der Waals surface area contributed by atoms with Crippen LogP contribution in [0.2, 0.25) is 0 Å². The van der Waals surface area contributed by atoms with Crippen LogP contribution in [-0.2, 0) is 18.8 Å². The van der Waals surface area contributed by atoms with Crippen LogP contribution in [0.1, 0.15) is 106 Å². The third-order valence-corrected chi connectivity index (χ3v) is 22.2. The monoisotopic (exact) mass is 1240 g/mol. The molecule has 88 heavy (non-hydrogen) atoms. The normalized spacial score (nSPS) is 15.7. The number of unbranched alkanes of at least 4 members (excludes halogenated alkanes) is 6. The molecule has 3 aliphatic rings. The van der Waals surface area contributed by atoms with Gasteiger partial charge in [0.2, 0.25) is 0 Å². The highest BCUT2D eigenvalue weighted by atomic mass is 32.2. The number of hydrogen-bond acceptors (Lipinski definition) is 15. The lowest BCUT2D eigenvalue weighted by atomic mass is 9.99. The van der Waals surface area contributed by atoms with Gasteiger partial charge in [0.25, 0.3) is 0 Å². The molecular formula is C71H54N8O4S5. The fourth-order valence-corrected chi connectivity index (χ4v) is 18.1. The van der Waals surface area contributed by atoms with Gasteiger partial charge in [0.1, 0.15) is 58.0 Å². The lowest BCUT2D eigenvalue weighted by molar-refractivity contribution is 0.103. The summed E-state index contributed by atoms with van der Waals surface area (Å²) in [6.45, 7) is 11.5. The maximum atomic E-state index is 14.4. The zero-order valence-electron chi connectivity index (χ0n) is 48.2. The summed E-state index contributed by atoms with van der Waals surface area (Å²) in [5, 5.41) is 43.0. The summed E-state index contributed by atoms with van der Waals surface area (Å²) in [7, 11) is 0. The predicted octanol–water partition coefficient (Wildman–Crippen LogP) is 18.4. The number of aromatic nitrogens is 4. The van der Waals surface area contributed by atoms with Gasteiger partial charge in [-0.25, -0.2) is 0 Å². The third-order valence-electron chi connectivity index (χ3n) is 16.6. The number of Topliss-reactive ketones (excluding diaryl/α,β-unsaturated/α-hetero) is 2. The van der Waals surface area contributed by atoms with Crippen molar-refractivity contribution in [2.24, 2.45) is 0 Å². The number of ether oxygens (including phenoxy) is 2. The maximum Gasteiger partial charge on any atom is 0.194 e. The Morgan fingerprint density at radius 3 is 1.65 bits per heavy atom. The van der Waals surface area contributed by atoms with E-state index in [9.17, 15) is 30.6 Å². The molecule has 17 heteroatoms. The molecule has 13 rings (SSSR count). The van der Waals surface area contributed by atoms with E-state index >= 15 is 0 Å². The molecule has 6 heterocycles. The van der Waals surface area contributed by atoms with Crippen LogP contribution >= 0.6 is 57.9 Å². The molecule has 12 nitrogen and oxygen atoms in total. The third kappa shape index (κ3) is 10.3. The summed E-state index contributed by atoms with van der Waals surface area (Å²) < 4.78 is 31.0. The van der Waals surface area contributed by atoms with Crippen molar-refractivity contribution < 1.29 is 19.1 Å². The Morgan fingerprint density at radius 1 is 0.580 bits per heavy atom. The Bertz CT molecular complexity index is 4890. The Kier molecular flexibility index (Phi) is 16.5. The number of allylic oxidation sites excluding steroid dienone is 8. The van der Waals surface area contributed by atoms with Gasteiger partial charge < -0.3 is 18.6 Å². The quantitative estimate of drug-likeness (QED) is 0.0451. The van der Waals surface area contributed by atoms with Crippen LogP contribution in [0, 0.1) is 52.2 Å². The number of hydrogen-bond donors (Lipinski definition) is 0. The predicted molar refractivity (Wildman–Crippen MR) is 358 cm³/mol. The fourth-order valence-electron chi connectivity index (χ4n) is 12.3. The molecule has 0 fully saturated rings. The first-order valence-corrected chi connectivity index (χ1v) is 33.3. The van der Waals surface area contributed by atoms with Crippen molar-refractivity contribution in [3.05, 3.63) is 198 Å². The number of thioether (sulfide) groups is 2. The van der Waals surface area contributed by atoms with Gasteiger partial charge in [0.05, 0.1) is 55.6 Å². The first-order chi connectivity index (χ1) is 43.1. The number of fused-ring (bicyclic) bond motifs is 14. The van der Waals surface area contributed by atoms with Crippen molar-refractivity contribution >= 4 is 139 Å². The second-order valence-corrected chi connectivity index (χ2v) is 26.5. The average molecular weight is 1240 g/mol. The molecule has 0 atom stereocenters. The van der Waals surface area contributed by atoms with Crippen molar-refractivity contribution in [1.29, 1.82) is 21.0 Å². The molecule has 0 radical (unpaired) electrons. The van der Waals surface area contributed by atoms with E-state index in [4.69, 9.17) is 24.8 Å². The molecule has 0 saturated heterocycles. The lowest BCUT2D eigenvalue weighted by Crippen LogP contribution is -2.07. The van der Waals surface area contributed by atoms with Gasteiger partial charge in [-0.3, -0.25) is 9.59 Å². The highest BCUT2D eigenvalue weighted by Crippen LogP contribution is 2.55. The molecule has 0 spiro atoms. The molecule has 5 aromatic carbocycles. The number of nitrogens with zero attached hydrogens (tertiary/aromatic N) is 8. The van der Waals surface area contributed by atoms with Gasteiger partial charge in [0.15, 0.2) is 11.6 Å². The first kappa shape index (κ1) is 58.0. The van der Waals surface area contributed by atoms with Crippen molar-refractivity contribution in [3.8, 4) is 35.8 Å². The van der Waals surface area contributed by atoms with E-state index in [1.807, 2.05) is 91.9 Å². The summed E-state index contributed by atoms with van der Waals surface area (Å²) in [5.41, 5.74) is 11.2. The minimum Gasteiger partial charge on any atom is -0.494 e. The minimum atomic E-state index is -0.231. The lowest BCUT2D eigenvalue weighted by Gasteiger charge is -2.19. The van der Waals surface area contributed by atoms with E-state index in [2.05, 4.69) is 40.3 Å². The second-order valence-electron chi connectivity index (χ2n) is 21.8. The largest absolute Gasteiger partial charge is 0.494 e. The van der Waals surface area contributed by atoms with Crippen LogP contribution < -0.4 is 9.47 Å². The van der Waals surface area contributed by atoms with Crippen molar-refractivity contribution in [2.45, 2.75) is 89.0 Å². The molecule has 0 amide bonds. The Balaban J connectivity index is 0.969. The Hall–Kier alpha value is -9.04. The molecule has 5 aromatic heterocycles. The van der Waals surface area contributed by atoms with Gasteiger partial charge in [0, 0.05) is 88.3 Å². The summed E-state index contributed by atoms with van der Waals surface area (Å²) in [6, 6.07) is 42.5. The standard InChI is InChI=1S/C71H54N8O4S5/c1-41-43(3)85-69-54(40-84-55(41)34-52-57(44(36-72)37-73)48-26-14-16-28-50(48)66(52)80)78(30-18-4-6-20-32-82-46-22-10-8-11-23-46)63-59(69)61-62(77-88-76-61)60-64(63)79(31-19-5-7-21-33-83-47-24-12-9-13-25-47)65-70(60)87-68-42(2)56(86-71(65)68)35-53-58(45(38-74)39-75)49-27-15-17-29-51(49)67(53)81/h8-17,22-29,34-35H,3-7,18-21,30-33,40H2,1-2H3/b52-34-,53-35-,55-41-. The van der Waals surface area contributed by atoms with Gasteiger partial charge in [-0.2, -0.15) is 29.8 Å². The van der Waals surface area contributed by atoms with E-state index in [0.717, 1.165) is 152 Å². The minimum absolute atomic E-state index is 0.0981. The Labute approximate surface area is 529 Å². The van der Waals surface area contributed by atoms with Crippen molar-refractivity contribution in [3.63, 3.8) is 0 Å². The summed E-state index contributed by atoms with van der Waals surface area (Å²) >= 11 is 7.84. The number of para-hydroxylation sites is 2. The zero-order valence-corrected chi connectivity index (χ0v) is 52.3. The number of rotatable bonds is 18. The molecule has 2 aliphatic carbocycles. The average Bonchev–Trinajstić information content (AvgIpc) is 1.56. The van der Waals surface area contributed by atoms with E-state index < -0.39 is 0 Å². The smallest absolute Gasteiger partial charge is 0.194 e. The van der Waals surface area contributed by atoms with Gasteiger partial charge in [-0.15, -0.1) is 34.4 Å². The second kappa shape index (κ2) is 25.0. The SMILES string of the molecule is C=C1Sc2c(n(CCCCCCOc3ccccc3)c3c2c2nsnc2c2c4sc5c(C)c(/C=C6\C(=O)c7ccccc7C6=C(C#N)C#N)sc5c4n(CCCCCCOc4ccccc4)c23)CSC(/C=C2\C(=O)c3ccccc3C2=C(C#N)C#N)=C\1C. The number of aryl methyl sites for hydroxylation is 3. The van der Waals surface area contributed by atoms with E-state index in [1.54, 1.807) is 82.6 Å².